The third kappa shape index (κ3) is 2.36. The van der Waals surface area contributed by atoms with Gasteiger partial charge in [0.05, 0.1) is 11.9 Å². The summed E-state index contributed by atoms with van der Waals surface area (Å²) in [5, 5.41) is 8.16. The number of anilines is 1. The van der Waals surface area contributed by atoms with E-state index in [9.17, 15) is 0 Å². The van der Waals surface area contributed by atoms with Crippen LogP contribution in [0.5, 0.6) is 0 Å². The van der Waals surface area contributed by atoms with E-state index >= 15 is 0 Å². The van der Waals surface area contributed by atoms with Gasteiger partial charge in [-0.25, -0.2) is 0 Å². The van der Waals surface area contributed by atoms with Crippen LogP contribution in [-0.4, -0.2) is 20.0 Å². The summed E-state index contributed by atoms with van der Waals surface area (Å²) in [6.07, 6.45) is 5.26. The van der Waals surface area contributed by atoms with Crippen molar-refractivity contribution >= 4 is 5.69 Å². The van der Waals surface area contributed by atoms with Crippen molar-refractivity contribution in [2.24, 2.45) is 5.92 Å². The van der Waals surface area contributed by atoms with Crippen LogP contribution in [0.1, 0.15) is 13.8 Å². The number of hydrogen-bond acceptors (Lipinski definition) is 4. The molecule has 0 atom stereocenters. The smallest absolute Gasteiger partial charge is 0.114 e. The molecule has 0 spiro atoms. The number of pyridine rings is 1. The van der Waals surface area contributed by atoms with Crippen LogP contribution in [0, 0.1) is 5.92 Å². The first-order chi connectivity index (χ1) is 7.65. The molecule has 0 bridgehead atoms. The van der Waals surface area contributed by atoms with E-state index in [1.165, 1.54) is 0 Å². The molecule has 0 saturated carbocycles. The molecule has 0 aliphatic carbocycles. The van der Waals surface area contributed by atoms with Gasteiger partial charge >= 0.3 is 0 Å². The zero-order chi connectivity index (χ0) is 11.5. The normalized spacial score (nSPS) is 10.9. The van der Waals surface area contributed by atoms with E-state index in [-0.39, 0.29) is 0 Å². The maximum absolute atomic E-state index is 5.67. The standard InChI is InChI=1S/C11H15N5/c1-8(2)6-16-7-11(14-15-16)9-3-10(12)5-13-4-9/h3-5,7-8H,6,12H2,1-2H3. The zero-order valence-corrected chi connectivity index (χ0v) is 9.46. The molecule has 0 aliphatic heterocycles. The first-order valence-corrected chi connectivity index (χ1v) is 5.26. The van der Waals surface area contributed by atoms with Gasteiger partial charge in [-0.15, -0.1) is 5.10 Å². The number of rotatable bonds is 3. The Labute approximate surface area is 94.3 Å². The molecular formula is C11H15N5. The Morgan fingerprint density at radius 1 is 1.38 bits per heavy atom. The quantitative estimate of drug-likeness (QED) is 0.847. The van der Waals surface area contributed by atoms with Crippen molar-refractivity contribution in [1.82, 2.24) is 20.0 Å². The van der Waals surface area contributed by atoms with Crippen molar-refractivity contribution in [3.8, 4) is 11.3 Å². The molecule has 5 nitrogen and oxygen atoms in total. The van der Waals surface area contributed by atoms with Gasteiger partial charge in [-0.1, -0.05) is 19.1 Å². The Kier molecular flexibility index (Phi) is 2.85. The number of aromatic nitrogens is 4. The van der Waals surface area contributed by atoms with Gasteiger partial charge in [0.25, 0.3) is 0 Å². The van der Waals surface area contributed by atoms with E-state index in [0.717, 1.165) is 17.8 Å². The molecule has 0 radical (unpaired) electrons. The van der Waals surface area contributed by atoms with Gasteiger partial charge in [0.15, 0.2) is 0 Å². The third-order valence-electron chi connectivity index (χ3n) is 2.15. The fraction of sp³-hybridized carbons (Fsp3) is 0.364. The third-order valence-corrected chi connectivity index (χ3v) is 2.15. The zero-order valence-electron chi connectivity index (χ0n) is 9.46. The Hall–Kier alpha value is -1.91. The highest BCUT2D eigenvalue weighted by molar-refractivity contribution is 5.60. The van der Waals surface area contributed by atoms with Crippen LogP contribution in [0.2, 0.25) is 0 Å². The molecule has 2 N–H and O–H groups in total. The van der Waals surface area contributed by atoms with Crippen LogP contribution in [0.25, 0.3) is 11.3 Å². The molecule has 5 heteroatoms. The lowest BCUT2D eigenvalue weighted by Crippen LogP contribution is -2.04. The second-order valence-electron chi connectivity index (χ2n) is 4.23. The summed E-state index contributed by atoms with van der Waals surface area (Å²) in [5.41, 5.74) is 8.01. The van der Waals surface area contributed by atoms with E-state index < -0.39 is 0 Å². The van der Waals surface area contributed by atoms with Crippen LogP contribution in [0.4, 0.5) is 5.69 Å². The second kappa shape index (κ2) is 4.30. The van der Waals surface area contributed by atoms with Crippen LogP contribution in [0.3, 0.4) is 0 Å². The fourth-order valence-electron chi connectivity index (χ4n) is 1.49. The molecule has 0 saturated heterocycles. The van der Waals surface area contributed by atoms with Gasteiger partial charge in [-0.05, 0) is 12.0 Å². The molecule has 2 aromatic rings. The Bertz CT molecular complexity index is 475. The summed E-state index contributed by atoms with van der Waals surface area (Å²) in [4.78, 5) is 4.03. The molecule has 84 valence electrons. The van der Waals surface area contributed by atoms with E-state index in [1.807, 2.05) is 16.9 Å². The van der Waals surface area contributed by atoms with Crippen molar-refractivity contribution < 1.29 is 0 Å². The summed E-state index contributed by atoms with van der Waals surface area (Å²) in [7, 11) is 0. The SMILES string of the molecule is CC(C)Cn1cc(-c2cncc(N)c2)nn1. The van der Waals surface area contributed by atoms with E-state index in [0.29, 0.717) is 11.6 Å². The lowest BCUT2D eigenvalue weighted by atomic mass is 10.2. The van der Waals surface area contributed by atoms with Gasteiger partial charge < -0.3 is 5.73 Å². The van der Waals surface area contributed by atoms with E-state index in [1.54, 1.807) is 12.4 Å². The van der Waals surface area contributed by atoms with Gasteiger partial charge in [0, 0.05) is 24.5 Å². The molecule has 2 aromatic heterocycles. The molecule has 2 rings (SSSR count). The minimum Gasteiger partial charge on any atom is -0.397 e. The van der Waals surface area contributed by atoms with Crippen molar-refractivity contribution in [3.63, 3.8) is 0 Å². The predicted octanol–water partition coefficient (Wildman–Crippen LogP) is 1.58. The van der Waals surface area contributed by atoms with Crippen molar-refractivity contribution in [2.75, 3.05) is 5.73 Å². The molecule has 0 aromatic carbocycles. The van der Waals surface area contributed by atoms with Crippen LogP contribution >= 0.6 is 0 Å². The molecule has 0 aliphatic rings. The number of hydrogen-bond donors (Lipinski definition) is 1. The van der Waals surface area contributed by atoms with Crippen LogP contribution < -0.4 is 5.73 Å². The molecule has 0 fully saturated rings. The number of nitrogens with zero attached hydrogens (tertiary/aromatic N) is 4. The van der Waals surface area contributed by atoms with E-state index in [2.05, 4.69) is 29.1 Å². The van der Waals surface area contributed by atoms with E-state index in [4.69, 9.17) is 5.73 Å². The van der Waals surface area contributed by atoms with Crippen molar-refractivity contribution in [1.29, 1.82) is 0 Å². The highest BCUT2D eigenvalue weighted by Gasteiger charge is 2.05. The molecular weight excluding hydrogens is 202 g/mol. The van der Waals surface area contributed by atoms with Gasteiger partial charge in [-0.2, -0.15) is 0 Å². The van der Waals surface area contributed by atoms with Crippen molar-refractivity contribution in [3.05, 3.63) is 24.7 Å². The minimum atomic E-state index is 0.550. The number of nitrogens with two attached hydrogens (primary N) is 1. The van der Waals surface area contributed by atoms with Gasteiger partial charge in [0.1, 0.15) is 5.69 Å². The molecule has 16 heavy (non-hydrogen) atoms. The minimum absolute atomic E-state index is 0.550. The van der Waals surface area contributed by atoms with Gasteiger partial charge in [0.2, 0.25) is 0 Å². The summed E-state index contributed by atoms with van der Waals surface area (Å²) in [6, 6.07) is 1.84. The predicted molar refractivity (Wildman–Crippen MR) is 62.5 cm³/mol. The monoisotopic (exact) mass is 217 g/mol. The first kappa shape index (κ1) is 10.6. The molecule has 2 heterocycles. The lowest BCUT2D eigenvalue weighted by Gasteiger charge is -2.02. The average molecular weight is 217 g/mol. The summed E-state index contributed by atoms with van der Waals surface area (Å²) in [5.74, 6) is 0.550. The molecule has 0 amide bonds. The highest BCUT2D eigenvalue weighted by Crippen LogP contribution is 2.17. The summed E-state index contributed by atoms with van der Waals surface area (Å²) in [6.45, 7) is 5.15. The largest absolute Gasteiger partial charge is 0.397 e. The maximum atomic E-state index is 5.67. The second-order valence-corrected chi connectivity index (χ2v) is 4.23. The lowest BCUT2D eigenvalue weighted by molar-refractivity contribution is 0.472. The Morgan fingerprint density at radius 3 is 2.88 bits per heavy atom. The van der Waals surface area contributed by atoms with Crippen LogP contribution in [-0.2, 0) is 6.54 Å². The topological polar surface area (TPSA) is 69.6 Å². The Balaban J connectivity index is 2.24. The maximum Gasteiger partial charge on any atom is 0.114 e. The fourth-order valence-corrected chi connectivity index (χ4v) is 1.49. The average Bonchev–Trinajstić information content (AvgIpc) is 2.65. The summed E-state index contributed by atoms with van der Waals surface area (Å²) < 4.78 is 1.84. The molecule has 0 unspecified atom stereocenters. The highest BCUT2D eigenvalue weighted by atomic mass is 15.4. The first-order valence-electron chi connectivity index (χ1n) is 5.26. The number of nitrogen functional groups attached to an aromatic ring is 1. The van der Waals surface area contributed by atoms with Gasteiger partial charge in [-0.3, -0.25) is 9.67 Å². The summed E-state index contributed by atoms with van der Waals surface area (Å²) >= 11 is 0. The van der Waals surface area contributed by atoms with Crippen molar-refractivity contribution in [2.45, 2.75) is 20.4 Å². The Morgan fingerprint density at radius 2 is 2.19 bits per heavy atom. The van der Waals surface area contributed by atoms with Crippen LogP contribution in [0.15, 0.2) is 24.7 Å².